The van der Waals surface area contributed by atoms with E-state index in [0.29, 0.717) is 6.54 Å². The summed E-state index contributed by atoms with van der Waals surface area (Å²) in [5.41, 5.74) is 2.95. The molecule has 3 rings (SSSR count). The highest BCUT2D eigenvalue weighted by molar-refractivity contribution is 5.91. The molecule has 0 saturated heterocycles. The molecule has 0 radical (unpaired) electrons. The van der Waals surface area contributed by atoms with Crippen molar-refractivity contribution in [3.8, 4) is 0 Å². The lowest BCUT2D eigenvalue weighted by atomic mass is 10.00. The zero-order valence-electron chi connectivity index (χ0n) is 14.9. The van der Waals surface area contributed by atoms with Crippen molar-refractivity contribution in [2.45, 2.75) is 32.9 Å². The highest BCUT2D eigenvalue weighted by atomic mass is 16.3. The average molecular weight is 342 g/mol. The van der Waals surface area contributed by atoms with E-state index in [1.807, 2.05) is 19.9 Å². The van der Waals surface area contributed by atoms with Crippen molar-refractivity contribution in [3.63, 3.8) is 0 Å². The normalized spacial score (nSPS) is 14.7. The quantitative estimate of drug-likeness (QED) is 0.864. The predicted molar refractivity (Wildman–Crippen MR) is 97.1 cm³/mol. The fraction of sp³-hybridized carbons (Fsp3) is 0.421. The number of aliphatic hydroxyl groups is 1. The third-order valence-electron chi connectivity index (χ3n) is 3.97. The molecule has 1 aliphatic heterocycles. The Kier molecular flexibility index (Phi) is 7.50. The van der Waals surface area contributed by atoms with Crippen molar-refractivity contribution in [2.24, 2.45) is 0 Å². The minimum Gasteiger partial charge on any atom is -0.390 e. The first-order valence-corrected chi connectivity index (χ1v) is 8.74. The molecule has 0 aliphatic carbocycles. The van der Waals surface area contributed by atoms with Gasteiger partial charge in [0.2, 0.25) is 0 Å². The lowest BCUT2D eigenvalue weighted by Gasteiger charge is -2.30. The van der Waals surface area contributed by atoms with Gasteiger partial charge in [-0.3, -0.25) is 14.7 Å². The van der Waals surface area contributed by atoms with Gasteiger partial charge >= 0.3 is 0 Å². The zero-order valence-corrected chi connectivity index (χ0v) is 14.9. The highest BCUT2D eigenvalue weighted by Crippen LogP contribution is 2.18. The average Bonchev–Trinajstić information content (AvgIpc) is 2.68. The molecule has 0 spiro atoms. The van der Waals surface area contributed by atoms with Gasteiger partial charge in [-0.1, -0.05) is 38.1 Å². The van der Waals surface area contributed by atoms with Gasteiger partial charge in [-0.15, -0.1) is 0 Å². The summed E-state index contributed by atoms with van der Waals surface area (Å²) >= 11 is 0. The van der Waals surface area contributed by atoms with Crippen molar-refractivity contribution >= 4 is 5.91 Å². The summed E-state index contributed by atoms with van der Waals surface area (Å²) in [6, 6.07) is 8.39. The van der Waals surface area contributed by atoms with Crippen LogP contribution in [0.2, 0.25) is 0 Å². The summed E-state index contributed by atoms with van der Waals surface area (Å²) in [7, 11) is 0. The number of amides is 1. The topological polar surface area (TPSA) is 78.4 Å². The zero-order chi connectivity index (χ0) is 18.1. The molecule has 1 aromatic heterocycles. The molecule has 0 saturated carbocycles. The van der Waals surface area contributed by atoms with Crippen LogP contribution in [0.4, 0.5) is 0 Å². The van der Waals surface area contributed by atoms with Gasteiger partial charge in [0.25, 0.3) is 5.91 Å². The molecule has 0 unspecified atom stereocenters. The Bertz CT molecular complexity index is 663. The van der Waals surface area contributed by atoms with E-state index in [1.54, 1.807) is 0 Å². The maximum atomic E-state index is 11.9. The molecule has 6 heteroatoms. The smallest absolute Gasteiger partial charge is 0.271 e. The largest absolute Gasteiger partial charge is 0.390 e. The van der Waals surface area contributed by atoms with Crippen molar-refractivity contribution in [1.29, 1.82) is 0 Å². The minimum absolute atomic E-state index is 0.202. The summed E-state index contributed by atoms with van der Waals surface area (Å²) in [5.74, 6) is -0.318. The molecule has 0 bridgehead atoms. The number of fused-ring (bicyclic) bond motifs is 1. The van der Waals surface area contributed by atoms with Crippen LogP contribution >= 0.6 is 0 Å². The lowest BCUT2D eigenvalue weighted by molar-refractivity contribution is 0.0837. The van der Waals surface area contributed by atoms with Crippen LogP contribution in [0.25, 0.3) is 0 Å². The third kappa shape index (κ3) is 5.62. The van der Waals surface area contributed by atoms with Gasteiger partial charge < -0.3 is 10.4 Å². The fourth-order valence-corrected chi connectivity index (χ4v) is 2.79. The Balaban J connectivity index is 0.00000109. The Morgan fingerprint density at radius 3 is 2.76 bits per heavy atom. The van der Waals surface area contributed by atoms with E-state index in [9.17, 15) is 9.90 Å². The third-order valence-corrected chi connectivity index (χ3v) is 3.97. The second kappa shape index (κ2) is 9.86. The van der Waals surface area contributed by atoms with Gasteiger partial charge in [0.05, 0.1) is 12.3 Å². The maximum absolute atomic E-state index is 11.9. The summed E-state index contributed by atoms with van der Waals surface area (Å²) in [6.07, 6.45) is 4.77. The minimum atomic E-state index is -0.610. The van der Waals surface area contributed by atoms with Crippen LogP contribution in [-0.4, -0.2) is 51.6 Å². The number of benzene rings is 1. The first-order chi connectivity index (χ1) is 12.2. The molecule has 2 N–H and O–H groups in total. The van der Waals surface area contributed by atoms with E-state index in [1.165, 1.54) is 29.7 Å². The number of rotatable bonds is 5. The lowest BCUT2D eigenvalue weighted by Crippen LogP contribution is -2.42. The number of carbonyl (C=O) groups excluding carboxylic acids is 1. The number of hydrogen-bond donors (Lipinski definition) is 2. The Hall–Kier alpha value is -2.31. The number of hydrogen-bond acceptors (Lipinski definition) is 5. The monoisotopic (exact) mass is 342 g/mol. The van der Waals surface area contributed by atoms with Gasteiger partial charge in [-0.05, 0) is 17.5 Å². The number of nitrogens with zero attached hydrogens (tertiary/aromatic N) is 3. The van der Waals surface area contributed by atoms with Crippen LogP contribution in [0.3, 0.4) is 0 Å². The number of nitrogens with one attached hydrogen (secondary N) is 1. The number of aliphatic hydroxyl groups excluding tert-OH is 1. The molecule has 1 atom stereocenters. The highest BCUT2D eigenvalue weighted by Gasteiger charge is 2.19. The molecule has 0 fully saturated rings. The summed E-state index contributed by atoms with van der Waals surface area (Å²) in [5, 5.41) is 12.8. The Morgan fingerprint density at radius 2 is 2.04 bits per heavy atom. The Morgan fingerprint density at radius 1 is 1.28 bits per heavy atom. The van der Waals surface area contributed by atoms with Crippen molar-refractivity contribution in [2.75, 3.05) is 19.6 Å². The number of carbonyl (C=O) groups is 1. The van der Waals surface area contributed by atoms with E-state index in [2.05, 4.69) is 38.4 Å². The van der Waals surface area contributed by atoms with Gasteiger partial charge in [-0.2, -0.15) is 0 Å². The van der Waals surface area contributed by atoms with Crippen LogP contribution in [0.15, 0.2) is 42.9 Å². The second-order valence-electron chi connectivity index (χ2n) is 5.71. The molecule has 6 nitrogen and oxygen atoms in total. The Labute approximate surface area is 148 Å². The molecule has 2 heterocycles. The predicted octanol–water partition coefficient (Wildman–Crippen LogP) is 1.65. The molecule has 1 amide bonds. The number of aromatic nitrogens is 2. The van der Waals surface area contributed by atoms with Gasteiger partial charge in [-0.25, -0.2) is 4.98 Å². The molecular formula is C19H26N4O2. The molecule has 25 heavy (non-hydrogen) atoms. The van der Waals surface area contributed by atoms with Crippen LogP contribution in [-0.2, 0) is 13.0 Å². The van der Waals surface area contributed by atoms with Crippen LogP contribution in [0.1, 0.15) is 35.5 Å². The summed E-state index contributed by atoms with van der Waals surface area (Å²) in [6.45, 7) is 6.50. The molecule has 134 valence electrons. The maximum Gasteiger partial charge on any atom is 0.271 e. The first-order valence-electron chi connectivity index (χ1n) is 8.74. The summed E-state index contributed by atoms with van der Waals surface area (Å²) < 4.78 is 0. The van der Waals surface area contributed by atoms with Crippen LogP contribution in [0.5, 0.6) is 0 Å². The summed E-state index contributed by atoms with van der Waals surface area (Å²) in [4.78, 5) is 21.9. The van der Waals surface area contributed by atoms with Crippen LogP contribution in [0, 0.1) is 0 Å². The van der Waals surface area contributed by atoms with E-state index in [0.717, 1.165) is 19.5 Å². The van der Waals surface area contributed by atoms with E-state index >= 15 is 0 Å². The van der Waals surface area contributed by atoms with E-state index < -0.39 is 6.10 Å². The molecule has 1 aliphatic rings. The SMILES string of the molecule is CC.O=C(NC[C@@H](O)CN1CCc2ccccc2C1)c1cnccn1. The van der Waals surface area contributed by atoms with Gasteiger partial charge in [0.1, 0.15) is 5.69 Å². The second-order valence-corrected chi connectivity index (χ2v) is 5.71. The number of β-amino-alcohol motifs (C(OH)–C–C–N with tert-alkyl or cyclic N) is 1. The van der Waals surface area contributed by atoms with Crippen molar-refractivity contribution < 1.29 is 9.90 Å². The van der Waals surface area contributed by atoms with Crippen LogP contribution < -0.4 is 5.32 Å². The first kappa shape index (κ1) is 19.0. The van der Waals surface area contributed by atoms with E-state index in [-0.39, 0.29) is 18.1 Å². The van der Waals surface area contributed by atoms with Crippen molar-refractivity contribution in [1.82, 2.24) is 20.2 Å². The molecule has 2 aromatic rings. The molecular weight excluding hydrogens is 316 g/mol. The van der Waals surface area contributed by atoms with E-state index in [4.69, 9.17) is 0 Å². The van der Waals surface area contributed by atoms with Gasteiger partial charge in [0, 0.05) is 38.6 Å². The van der Waals surface area contributed by atoms with Gasteiger partial charge in [0.15, 0.2) is 0 Å². The van der Waals surface area contributed by atoms with Crippen molar-refractivity contribution in [3.05, 3.63) is 59.7 Å². The standard InChI is InChI=1S/C17H20N4O2.C2H6/c22-15(9-20-17(23)16-10-18-6-7-19-16)12-21-8-5-13-3-1-2-4-14(13)11-21;1-2/h1-4,6-7,10,15,22H,5,8-9,11-12H2,(H,20,23);1-2H3/t15-;/m1./s1. The fourth-order valence-electron chi connectivity index (χ4n) is 2.79. The molecule has 1 aromatic carbocycles.